The maximum atomic E-state index is 5.71. The van der Waals surface area contributed by atoms with Crippen molar-refractivity contribution in [2.24, 2.45) is 5.73 Å². The van der Waals surface area contributed by atoms with E-state index >= 15 is 0 Å². The minimum Gasteiger partial charge on any atom is -0.493 e. The summed E-state index contributed by atoms with van der Waals surface area (Å²) >= 11 is 1.96. The fourth-order valence-corrected chi connectivity index (χ4v) is 2.40. The van der Waals surface area contributed by atoms with Crippen LogP contribution in [0.3, 0.4) is 0 Å². The highest BCUT2D eigenvalue weighted by Gasteiger charge is 1.95. The van der Waals surface area contributed by atoms with E-state index in [9.17, 15) is 0 Å². The average molecular weight is 277 g/mol. The average Bonchev–Trinajstić information content (AvgIpc) is 2.44. The molecular formula is C16H23NOS. The molecule has 0 aliphatic rings. The largest absolute Gasteiger partial charge is 0.493 e. The molecule has 0 radical (unpaired) electrons. The number of hydrogen-bond donors (Lipinski definition) is 1. The Bertz CT molecular complexity index is 409. The lowest BCUT2D eigenvalue weighted by molar-refractivity contribution is 0.344. The third-order valence-corrected chi connectivity index (χ3v) is 3.59. The topological polar surface area (TPSA) is 35.2 Å². The molecule has 0 unspecified atom stereocenters. The molecule has 2 N–H and O–H groups in total. The van der Waals surface area contributed by atoms with Crippen LogP contribution in [0.2, 0.25) is 0 Å². The van der Waals surface area contributed by atoms with Gasteiger partial charge >= 0.3 is 0 Å². The summed E-state index contributed by atoms with van der Waals surface area (Å²) in [4.78, 5) is 0. The predicted octanol–water partition coefficient (Wildman–Crippen LogP) is 3.30. The molecule has 0 atom stereocenters. The molecule has 0 saturated carbocycles. The summed E-state index contributed by atoms with van der Waals surface area (Å²) in [5.41, 5.74) is 6.31. The lowest BCUT2D eigenvalue weighted by Crippen LogP contribution is -2.01. The van der Waals surface area contributed by atoms with Gasteiger partial charge in [0.1, 0.15) is 5.75 Å². The van der Waals surface area contributed by atoms with E-state index in [0.29, 0.717) is 6.54 Å². The van der Waals surface area contributed by atoms with Gasteiger partial charge in [-0.15, -0.1) is 0 Å². The molecule has 0 heterocycles. The van der Waals surface area contributed by atoms with Gasteiger partial charge in [-0.3, -0.25) is 0 Å². The molecule has 0 amide bonds. The minimum absolute atomic E-state index is 0.388. The molecule has 0 spiro atoms. The fourth-order valence-electron chi connectivity index (χ4n) is 1.59. The summed E-state index contributed by atoms with van der Waals surface area (Å²) in [5.74, 6) is 9.02. The molecule has 19 heavy (non-hydrogen) atoms. The van der Waals surface area contributed by atoms with Crippen molar-refractivity contribution in [1.82, 2.24) is 0 Å². The number of ether oxygens (including phenoxy) is 1. The summed E-state index contributed by atoms with van der Waals surface area (Å²) in [6, 6.07) is 7.86. The summed E-state index contributed by atoms with van der Waals surface area (Å²) in [6.45, 7) is 3.37. The van der Waals surface area contributed by atoms with E-state index in [0.717, 1.165) is 23.7 Å². The SMILES string of the molecule is CCCCCSCCOc1cccc(C#CCN)c1. The number of thioether (sulfide) groups is 1. The predicted molar refractivity (Wildman–Crippen MR) is 84.7 cm³/mol. The fraction of sp³-hybridized carbons (Fsp3) is 0.500. The van der Waals surface area contributed by atoms with Gasteiger partial charge in [-0.2, -0.15) is 11.8 Å². The van der Waals surface area contributed by atoms with Gasteiger partial charge in [0.25, 0.3) is 0 Å². The van der Waals surface area contributed by atoms with Gasteiger partial charge in [0.15, 0.2) is 0 Å². The van der Waals surface area contributed by atoms with Crippen molar-refractivity contribution in [3.8, 4) is 17.6 Å². The molecular weight excluding hydrogens is 254 g/mol. The normalized spacial score (nSPS) is 9.79. The minimum atomic E-state index is 0.388. The van der Waals surface area contributed by atoms with Gasteiger partial charge in [-0.05, 0) is 30.4 Å². The second kappa shape index (κ2) is 10.8. The molecule has 2 nitrogen and oxygen atoms in total. The number of rotatable bonds is 8. The summed E-state index contributed by atoms with van der Waals surface area (Å²) in [7, 11) is 0. The monoisotopic (exact) mass is 277 g/mol. The van der Waals surface area contributed by atoms with E-state index in [1.54, 1.807) is 0 Å². The molecule has 0 aliphatic heterocycles. The third-order valence-electron chi connectivity index (χ3n) is 2.56. The van der Waals surface area contributed by atoms with Crippen LogP contribution in [0, 0.1) is 11.8 Å². The van der Waals surface area contributed by atoms with E-state index in [4.69, 9.17) is 10.5 Å². The molecule has 3 heteroatoms. The van der Waals surface area contributed by atoms with E-state index < -0.39 is 0 Å². The Morgan fingerprint density at radius 1 is 1.26 bits per heavy atom. The molecule has 0 fully saturated rings. The lowest BCUT2D eigenvalue weighted by atomic mass is 10.2. The van der Waals surface area contributed by atoms with Gasteiger partial charge in [0.05, 0.1) is 13.2 Å². The van der Waals surface area contributed by atoms with Crippen LogP contribution in [0.1, 0.15) is 31.7 Å². The van der Waals surface area contributed by atoms with Crippen molar-refractivity contribution in [2.75, 3.05) is 24.7 Å². The van der Waals surface area contributed by atoms with Crippen LogP contribution in [-0.2, 0) is 0 Å². The van der Waals surface area contributed by atoms with Gasteiger partial charge in [-0.25, -0.2) is 0 Å². The quantitative estimate of drug-likeness (QED) is 0.585. The van der Waals surface area contributed by atoms with Crippen LogP contribution in [0.5, 0.6) is 5.75 Å². The van der Waals surface area contributed by atoms with Crippen molar-refractivity contribution < 1.29 is 4.74 Å². The highest BCUT2D eigenvalue weighted by Crippen LogP contribution is 2.13. The zero-order valence-electron chi connectivity index (χ0n) is 11.7. The first-order valence-corrected chi connectivity index (χ1v) is 8.02. The maximum Gasteiger partial charge on any atom is 0.120 e. The molecule has 0 bridgehead atoms. The van der Waals surface area contributed by atoms with E-state index in [-0.39, 0.29) is 0 Å². The van der Waals surface area contributed by atoms with Crippen molar-refractivity contribution in [2.45, 2.75) is 26.2 Å². The van der Waals surface area contributed by atoms with Crippen molar-refractivity contribution in [3.05, 3.63) is 29.8 Å². The molecule has 104 valence electrons. The molecule has 0 saturated heterocycles. The van der Waals surface area contributed by atoms with Crippen molar-refractivity contribution in [3.63, 3.8) is 0 Å². The number of nitrogens with two attached hydrogens (primary N) is 1. The number of hydrogen-bond acceptors (Lipinski definition) is 3. The van der Waals surface area contributed by atoms with Crippen LogP contribution in [0.25, 0.3) is 0 Å². The highest BCUT2D eigenvalue weighted by atomic mass is 32.2. The molecule has 0 aliphatic carbocycles. The van der Waals surface area contributed by atoms with Gasteiger partial charge in [0, 0.05) is 11.3 Å². The van der Waals surface area contributed by atoms with Crippen LogP contribution < -0.4 is 10.5 Å². The molecule has 1 aromatic rings. The van der Waals surface area contributed by atoms with E-state index in [1.807, 2.05) is 36.0 Å². The highest BCUT2D eigenvalue weighted by molar-refractivity contribution is 7.99. The first-order valence-electron chi connectivity index (χ1n) is 6.86. The number of unbranched alkanes of at least 4 members (excludes halogenated alkanes) is 2. The Morgan fingerprint density at radius 3 is 2.95 bits per heavy atom. The first kappa shape index (κ1) is 15.9. The van der Waals surface area contributed by atoms with Gasteiger partial charge in [-0.1, -0.05) is 37.7 Å². The van der Waals surface area contributed by atoms with Crippen LogP contribution >= 0.6 is 11.8 Å². The van der Waals surface area contributed by atoms with Crippen LogP contribution in [0.4, 0.5) is 0 Å². The Kier molecular flexibility index (Phi) is 9.05. The Balaban J connectivity index is 2.22. The second-order valence-corrected chi connectivity index (χ2v) is 5.43. The zero-order valence-corrected chi connectivity index (χ0v) is 12.5. The van der Waals surface area contributed by atoms with Gasteiger partial charge < -0.3 is 10.5 Å². The maximum absolute atomic E-state index is 5.71. The Labute approximate surface area is 121 Å². The first-order chi connectivity index (χ1) is 9.36. The van der Waals surface area contributed by atoms with Crippen molar-refractivity contribution >= 4 is 11.8 Å². The lowest BCUT2D eigenvalue weighted by Gasteiger charge is -2.06. The summed E-state index contributed by atoms with van der Waals surface area (Å²) in [6.07, 6.45) is 3.93. The third kappa shape index (κ3) is 7.81. The van der Waals surface area contributed by atoms with E-state index in [1.165, 1.54) is 25.0 Å². The number of benzene rings is 1. The summed E-state index contributed by atoms with van der Waals surface area (Å²) in [5, 5.41) is 0. The van der Waals surface area contributed by atoms with E-state index in [2.05, 4.69) is 18.8 Å². The molecule has 1 rings (SSSR count). The molecule has 0 aromatic heterocycles. The smallest absolute Gasteiger partial charge is 0.120 e. The van der Waals surface area contributed by atoms with Crippen LogP contribution in [0.15, 0.2) is 24.3 Å². The Morgan fingerprint density at radius 2 is 2.16 bits per heavy atom. The van der Waals surface area contributed by atoms with Gasteiger partial charge in [0.2, 0.25) is 0 Å². The summed E-state index contributed by atoms with van der Waals surface area (Å²) < 4.78 is 5.71. The van der Waals surface area contributed by atoms with Crippen molar-refractivity contribution in [1.29, 1.82) is 0 Å². The van der Waals surface area contributed by atoms with Crippen LogP contribution in [-0.4, -0.2) is 24.7 Å². The second-order valence-electron chi connectivity index (χ2n) is 4.20. The zero-order chi connectivity index (χ0) is 13.8. The Hall–Kier alpha value is -1.11. The standard InChI is InChI=1S/C16H23NOS/c1-2-3-4-12-19-13-11-18-16-9-5-7-15(14-16)8-6-10-17/h5,7,9,14H,2-4,10-13,17H2,1H3. The molecule has 1 aromatic carbocycles.